The van der Waals surface area contributed by atoms with Crippen molar-refractivity contribution in [3.8, 4) is 0 Å². The highest BCUT2D eigenvalue weighted by molar-refractivity contribution is 5.73. The van der Waals surface area contributed by atoms with Crippen molar-refractivity contribution in [3.63, 3.8) is 0 Å². The Bertz CT molecular complexity index is 723. The van der Waals surface area contributed by atoms with Crippen molar-refractivity contribution < 1.29 is 9.53 Å². The summed E-state index contributed by atoms with van der Waals surface area (Å²) >= 11 is 0. The van der Waals surface area contributed by atoms with Crippen LogP contribution in [0.3, 0.4) is 0 Å². The molecule has 1 saturated heterocycles. The molecule has 1 aliphatic heterocycles. The largest absolute Gasteiger partial charge is 0.370 e. The lowest BCUT2D eigenvalue weighted by atomic mass is 10.2. The van der Waals surface area contributed by atoms with Gasteiger partial charge in [-0.25, -0.2) is 9.97 Å². The van der Waals surface area contributed by atoms with Crippen LogP contribution in [-0.4, -0.2) is 52.0 Å². The number of amides is 1. The van der Waals surface area contributed by atoms with Crippen LogP contribution in [0.25, 0.3) is 0 Å². The number of morpholine rings is 1. The molecular formula is C18H23N5O2. The molecule has 1 N–H and O–H groups in total. The van der Waals surface area contributed by atoms with Crippen LogP contribution in [0.2, 0.25) is 0 Å². The van der Waals surface area contributed by atoms with Crippen LogP contribution in [0.15, 0.2) is 30.5 Å². The van der Waals surface area contributed by atoms with Gasteiger partial charge >= 0.3 is 0 Å². The highest BCUT2D eigenvalue weighted by atomic mass is 16.5. The van der Waals surface area contributed by atoms with Gasteiger partial charge in [0.05, 0.1) is 18.8 Å². The Balaban J connectivity index is 1.64. The number of anilines is 1. The molecule has 0 saturated carbocycles. The van der Waals surface area contributed by atoms with Gasteiger partial charge in [-0.1, -0.05) is 6.07 Å². The second kappa shape index (κ2) is 8.02. The SMILES string of the molecule is CC(=O)N1CCO[C@@H](c2cc(NCCc3ccccn3)nc(C)n2)C1. The minimum absolute atomic E-state index is 0.0628. The Morgan fingerprint density at radius 1 is 1.40 bits per heavy atom. The molecule has 132 valence electrons. The lowest BCUT2D eigenvalue weighted by molar-refractivity contribution is -0.136. The van der Waals surface area contributed by atoms with E-state index in [1.54, 1.807) is 18.0 Å². The number of carbonyl (C=O) groups excluding carboxylic acids is 1. The van der Waals surface area contributed by atoms with Crippen LogP contribution in [0.4, 0.5) is 5.82 Å². The van der Waals surface area contributed by atoms with Crippen molar-refractivity contribution in [1.82, 2.24) is 19.9 Å². The Labute approximate surface area is 147 Å². The number of rotatable bonds is 5. The van der Waals surface area contributed by atoms with E-state index in [2.05, 4.69) is 20.3 Å². The van der Waals surface area contributed by atoms with Crippen LogP contribution in [0, 0.1) is 6.92 Å². The fraction of sp³-hybridized carbons (Fsp3) is 0.444. The number of nitrogens with one attached hydrogen (secondary N) is 1. The number of pyridine rings is 1. The molecule has 7 heteroatoms. The van der Waals surface area contributed by atoms with Gasteiger partial charge in [-0.05, 0) is 19.1 Å². The summed E-state index contributed by atoms with van der Waals surface area (Å²) in [5.41, 5.74) is 1.84. The third-order valence-corrected chi connectivity index (χ3v) is 4.11. The van der Waals surface area contributed by atoms with Crippen LogP contribution in [0.1, 0.15) is 30.2 Å². The monoisotopic (exact) mass is 341 g/mol. The topological polar surface area (TPSA) is 80.2 Å². The predicted molar refractivity (Wildman–Crippen MR) is 94.1 cm³/mol. The smallest absolute Gasteiger partial charge is 0.219 e. The van der Waals surface area contributed by atoms with Crippen LogP contribution in [0.5, 0.6) is 0 Å². The Morgan fingerprint density at radius 3 is 3.04 bits per heavy atom. The van der Waals surface area contributed by atoms with Gasteiger partial charge in [0.1, 0.15) is 17.7 Å². The Kier molecular flexibility index (Phi) is 5.55. The molecule has 3 heterocycles. The molecule has 1 fully saturated rings. The molecule has 25 heavy (non-hydrogen) atoms. The van der Waals surface area contributed by atoms with Gasteiger partial charge in [-0.15, -0.1) is 0 Å². The third kappa shape index (κ3) is 4.73. The first-order chi connectivity index (χ1) is 12.1. The first-order valence-corrected chi connectivity index (χ1v) is 8.48. The standard InChI is InChI=1S/C18H23N5O2/c1-13-21-16(17-12-23(14(2)24)9-10-25-17)11-18(22-13)20-8-6-15-5-3-4-7-19-15/h3-5,7,11,17H,6,8-10,12H2,1-2H3,(H,20,21,22)/t17-/m1/s1. The third-order valence-electron chi connectivity index (χ3n) is 4.11. The van der Waals surface area contributed by atoms with E-state index < -0.39 is 0 Å². The van der Waals surface area contributed by atoms with Crippen LogP contribution < -0.4 is 5.32 Å². The maximum Gasteiger partial charge on any atom is 0.219 e. The number of aryl methyl sites for hydroxylation is 1. The number of nitrogens with zero attached hydrogens (tertiary/aromatic N) is 4. The zero-order chi connectivity index (χ0) is 17.6. The van der Waals surface area contributed by atoms with Gasteiger partial charge in [0.25, 0.3) is 0 Å². The minimum atomic E-state index is -0.212. The zero-order valence-electron chi connectivity index (χ0n) is 14.6. The maximum absolute atomic E-state index is 11.6. The van der Waals surface area contributed by atoms with E-state index in [-0.39, 0.29) is 12.0 Å². The summed E-state index contributed by atoms with van der Waals surface area (Å²) in [4.78, 5) is 26.6. The average Bonchev–Trinajstić information content (AvgIpc) is 2.62. The molecule has 0 spiro atoms. The van der Waals surface area contributed by atoms with Crippen molar-refractivity contribution in [1.29, 1.82) is 0 Å². The molecule has 0 unspecified atom stereocenters. The number of carbonyl (C=O) groups is 1. The normalized spacial score (nSPS) is 17.4. The maximum atomic E-state index is 11.6. The predicted octanol–water partition coefficient (Wildman–Crippen LogP) is 1.75. The van der Waals surface area contributed by atoms with E-state index in [0.29, 0.717) is 25.5 Å². The van der Waals surface area contributed by atoms with E-state index in [1.165, 1.54) is 0 Å². The second-order valence-electron chi connectivity index (χ2n) is 6.05. The van der Waals surface area contributed by atoms with E-state index >= 15 is 0 Å². The first kappa shape index (κ1) is 17.3. The lowest BCUT2D eigenvalue weighted by Gasteiger charge is -2.32. The summed E-state index contributed by atoms with van der Waals surface area (Å²) in [6, 6.07) is 7.80. The van der Waals surface area contributed by atoms with E-state index in [0.717, 1.165) is 30.2 Å². The summed E-state index contributed by atoms with van der Waals surface area (Å²) in [5, 5.41) is 3.32. The molecule has 2 aromatic rings. The van der Waals surface area contributed by atoms with Crippen molar-refractivity contribution in [2.24, 2.45) is 0 Å². The second-order valence-corrected chi connectivity index (χ2v) is 6.05. The molecule has 1 amide bonds. The molecule has 2 aromatic heterocycles. The number of ether oxygens (including phenoxy) is 1. The zero-order valence-corrected chi connectivity index (χ0v) is 14.6. The quantitative estimate of drug-likeness (QED) is 0.892. The Hall–Kier alpha value is -2.54. The summed E-state index contributed by atoms with van der Waals surface area (Å²) in [6.45, 7) is 5.86. The van der Waals surface area contributed by atoms with E-state index in [1.807, 2.05) is 31.2 Å². The van der Waals surface area contributed by atoms with Crippen LogP contribution in [-0.2, 0) is 16.0 Å². The van der Waals surface area contributed by atoms with Crippen molar-refractivity contribution in [3.05, 3.63) is 47.7 Å². The molecule has 0 radical (unpaired) electrons. The summed E-state index contributed by atoms with van der Waals surface area (Å²) in [7, 11) is 0. The Morgan fingerprint density at radius 2 is 2.28 bits per heavy atom. The molecule has 3 rings (SSSR count). The molecule has 1 atom stereocenters. The lowest BCUT2D eigenvalue weighted by Crippen LogP contribution is -2.41. The van der Waals surface area contributed by atoms with Crippen molar-refractivity contribution in [2.45, 2.75) is 26.4 Å². The van der Waals surface area contributed by atoms with Gasteiger partial charge in [0.2, 0.25) is 5.91 Å². The molecule has 0 aromatic carbocycles. The summed E-state index contributed by atoms with van der Waals surface area (Å²) in [6.07, 6.45) is 2.40. The highest BCUT2D eigenvalue weighted by Gasteiger charge is 2.25. The average molecular weight is 341 g/mol. The number of hydrogen-bond acceptors (Lipinski definition) is 6. The summed E-state index contributed by atoms with van der Waals surface area (Å²) < 4.78 is 5.81. The fourth-order valence-corrected chi connectivity index (χ4v) is 2.83. The minimum Gasteiger partial charge on any atom is -0.370 e. The molecule has 7 nitrogen and oxygen atoms in total. The molecular weight excluding hydrogens is 318 g/mol. The first-order valence-electron chi connectivity index (χ1n) is 8.48. The van der Waals surface area contributed by atoms with Gasteiger partial charge < -0.3 is 15.0 Å². The van der Waals surface area contributed by atoms with Crippen molar-refractivity contribution >= 4 is 11.7 Å². The van der Waals surface area contributed by atoms with Gasteiger partial charge in [-0.2, -0.15) is 0 Å². The van der Waals surface area contributed by atoms with Gasteiger partial charge in [0, 0.05) is 44.4 Å². The highest BCUT2D eigenvalue weighted by Crippen LogP contribution is 2.22. The van der Waals surface area contributed by atoms with Gasteiger partial charge in [0.15, 0.2) is 0 Å². The summed E-state index contributed by atoms with van der Waals surface area (Å²) in [5.74, 6) is 1.51. The van der Waals surface area contributed by atoms with Crippen molar-refractivity contribution in [2.75, 3.05) is 31.6 Å². The van der Waals surface area contributed by atoms with E-state index in [9.17, 15) is 4.79 Å². The number of aromatic nitrogens is 3. The number of hydrogen-bond donors (Lipinski definition) is 1. The van der Waals surface area contributed by atoms with Crippen LogP contribution >= 0.6 is 0 Å². The van der Waals surface area contributed by atoms with E-state index in [4.69, 9.17) is 4.74 Å². The molecule has 0 aliphatic carbocycles. The molecule has 0 bridgehead atoms. The van der Waals surface area contributed by atoms with Gasteiger partial charge in [-0.3, -0.25) is 9.78 Å². The molecule has 1 aliphatic rings. The fourth-order valence-electron chi connectivity index (χ4n) is 2.83.